The van der Waals surface area contributed by atoms with Crippen LogP contribution in [0, 0.1) is 0 Å². The maximum Gasteiger partial charge on any atom is 0.220 e. The Kier molecular flexibility index (Phi) is 50.2. The number of allylic oxidation sites excluding steroid dienone is 3. The van der Waals surface area contributed by atoms with E-state index in [0.717, 1.165) is 32.1 Å². The number of hydrogen-bond acceptors (Lipinski definition) is 3. The quantitative estimate of drug-likeness (QED) is 0.0422. The standard InChI is InChI=1S/C55H107NO3/c1-3-5-7-9-11-13-15-17-19-21-23-25-26-27-28-29-30-31-32-34-36-38-40-42-44-46-48-50-54(58)53(52-57)56-55(59)51-49-47-45-43-41-39-37-35-33-24-22-20-18-16-14-12-10-8-6-4-2/h40,42,48,50,53-54,57-58H,3-39,41,43-47,49,51-52H2,1-2H3,(H,56,59)/b42-40+,50-48+. The van der Waals surface area contributed by atoms with E-state index in [9.17, 15) is 15.0 Å². The molecule has 0 aromatic heterocycles. The molecule has 350 valence electrons. The van der Waals surface area contributed by atoms with Crippen LogP contribution in [0.2, 0.25) is 0 Å². The summed E-state index contributed by atoms with van der Waals surface area (Å²) < 4.78 is 0. The third kappa shape index (κ3) is 47.8. The van der Waals surface area contributed by atoms with Gasteiger partial charge in [0.1, 0.15) is 0 Å². The molecule has 0 aliphatic heterocycles. The highest BCUT2D eigenvalue weighted by atomic mass is 16.3. The molecular formula is C55H107NO3. The average molecular weight is 830 g/mol. The number of carbonyl (C=O) groups is 1. The molecule has 0 rings (SSSR count). The molecular weight excluding hydrogens is 723 g/mol. The van der Waals surface area contributed by atoms with Gasteiger partial charge in [0.15, 0.2) is 0 Å². The van der Waals surface area contributed by atoms with Crippen molar-refractivity contribution in [3.05, 3.63) is 24.3 Å². The Morgan fingerprint density at radius 3 is 0.983 bits per heavy atom. The van der Waals surface area contributed by atoms with E-state index in [1.165, 1.54) is 250 Å². The monoisotopic (exact) mass is 830 g/mol. The lowest BCUT2D eigenvalue weighted by Gasteiger charge is -2.19. The van der Waals surface area contributed by atoms with Crippen molar-refractivity contribution < 1.29 is 15.0 Å². The fraction of sp³-hybridized carbons (Fsp3) is 0.909. The second kappa shape index (κ2) is 51.2. The lowest BCUT2D eigenvalue weighted by molar-refractivity contribution is -0.123. The van der Waals surface area contributed by atoms with Crippen molar-refractivity contribution >= 4 is 5.91 Å². The molecule has 0 radical (unpaired) electrons. The molecule has 0 aliphatic rings. The second-order valence-electron chi connectivity index (χ2n) is 18.7. The minimum atomic E-state index is -0.859. The van der Waals surface area contributed by atoms with E-state index >= 15 is 0 Å². The second-order valence-corrected chi connectivity index (χ2v) is 18.7. The molecule has 0 saturated heterocycles. The van der Waals surface area contributed by atoms with Crippen LogP contribution in [-0.4, -0.2) is 34.9 Å². The van der Waals surface area contributed by atoms with Crippen molar-refractivity contribution in [1.29, 1.82) is 0 Å². The summed E-state index contributed by atoms with van der Waals surface area (Å²) in [5.74, 6) is -0.0675. The van der Waals surface area contributed by atoms with Crippen molar-refractivity contribution in [1.82, 2.24) is 5.32 Å². The van der Waals surface area contributed by atoms with Crippen LogP contribution >= 0.6 is 0 Å². The topological polar surface area (TPSA) is 69.6 Å². The summed E-state index contributed by atoms with van der Waals surface area (Å²) in [5.41, 5.74) is 0. The minimum absolute atomic E-state index is 0.0675. The van der Waals surface area contributed by atoms with Gasteiger partial charge in [-0.15, -0.1) is 0 Å². The van der Waals surface area contributed by atoms with Crippen LogP contribution < -0.4 is 5.32 Å². The number of aliphatic hydroxyl groups excluding tert-OH is 2. The van der Waals surface area contributed by atoms with Crippen LogP contribution in [0.25, 0.3) is 0 Å². The fourth-order valence-electron chi connectivity index (χ4n) is 8.55. The van der Waals surface area contributed by atoms with E-state index in [2.05, 4.69) is 31.3 Å². The number of carbonyl (C=O) groups excluding carboxylic acids is 1. The Morgan fingerprint density at radius 2 is 0.661 bits per heavy atom. The van der Waals surface area contributed by atoms with Crippen molar-refractivity contribution in [3.63, 3.8) is 0 Å². The first-order chi connectivity index (χ1) is 29.2. The molecule has 0 spiro atoms. The van der Waals surface area contributed by atoms with Crippen molar-refractivity contribution in [2.24, 2.45) is 0 Å². The molecule has 0 heterocycles. The Labute approximate surface area is 370 Å². The molecule has 1 amide bonds. The number of nitrogens with one attached hydrogen (secondary N) is 1. The molecule has 0 aromatic carbocycles. The SMILES string of the molecule is CCCCCCCCCCCCCCCCCCCCCCC/C=C/CC/C=C/C(O)C(CO)NC(=O)CCCCCCCCCCCCCCCCCCCCCC. The predicted octanol–water partition coefficient (Wildman–Crippen LogP) is 17.5. The first-order valence-corrected chi connectivity index (χ1v) is 27.1. The highest BCUT2D eigenvalue weighted by Gasteiger charge is 2.18. The van der Waals surface area contributed by atoms with Crippen LogP contribution in [0.4, 0.5) is 0 Å². The summed E-state index contributed by atoms with van der Waals surface area (Å²) in [5, 5.41) is 23.1. The molecule has 4 nitrogen and oxygen atoms in total. The molecule has 2 unspecified atom stereocenters. The molecule has 59 heavy (non-hydrogen) atoms. The predicted molar refractivity (Wildman–Crippen MR) is 262 cm³/mol. The summed E-state index contributed by atoms with van der Waals surface area (Å²) in [6, 6.07) is -0.636. The van der Waals surface area contributed by atoms with Gasteiger partial charge in [0.2, 0.25) is 5.91 Å². The Balaban J connectivity index is 3.50. The van der Waals surface area contributed by atoms with E-state index in [1.807, 2.05) is 6.08 Å². The van der Waals surface area contributed by atoms with Gasteiger partial charge in [-0.2, -0.15) is 0 Å². The number of hydrogen-bond donors (Lipinski definition) is 3. The molecule has 0 saturated carbocycles. The van der Waals surface area contributed by atoms with Gasteiger partial charge in [-0.1, -0.05) is 289 Å². The van der Waals surface area contributed by atoms with Crippen LogP contribution in [0.3, 0.4) is 0 Å². The van der Waals surface area contributed by atoms with Gasteiger partial charge >= 0.3 is 0 Å². The molecule has 3 N–H and O–H groups in total. The van der Waals surface area contributed by atoms with Gasteiger partial charge < -0.3 is 15.5 Å². The van der Waals surface area contributed by atoms with E-state index < -0.39 is 12.1 Å². The van der Waals surface area contributed by atoms with Crippen LogP contribution in [-0.2, 0) is 4.79 Å². The smallest absolute Gasteiger partial charge is 0.220 e. The number of rotatable bonds is 50. The molecule has 0 fully saturated rings. The zero-order chi connectivity index (χ0) is 42.8. The zero-order valence-electron chi connectivity index (χ0n) is 40.3. The normalized spacial score (nSPS) is 12.9. The summed E-state index contributed by atoms with van der Waals surface area (Å²) in [6.45, 7) is 4.33. The van der Waals surface area contributed by atoms with Gasteiger partial charge in [-0.3, -0.25) is 4.79 Å². The van der Waals surface area contributed by atoms with Crippen molar-refractivity contribution in [3.8, 4) is 0 Å². The van der Waals surface area contributed by atoms with Crippen molar-refractivity contribution in [2.45, 2.75) is 315 Å². The molecule has 0 aliphatic carbocycles. The van der Waals surface area contributed by atoms with E-state index in [1.54, 1.807) is 6.08 Å². The van der Waals surface area contributed by atoms with E-state index in [0.29, 0.717) is 6.42 Å². The van der Waals surface area contributed by atoms with Crippen LogP contribution in [0.15, 0.2) is 24.3 Å². The first-order valence-electron chi connectivity index (χ1n) is 27.1. The first kappa shape index (κ1) is 57.9. The highest BCUT2D eigenvalue weighted by Crippen LogP contribution is 2.17. The molecule has 4 heteroatoms. The number of amides is 1. The fourth-order valence-corrected chi connectivity index (χ4v) is 8.55. The molecule has 0 bridgehead atoms. The number of aliphatic hydroxyl groups is 2. The van der Waals surface area contributed by atoms with Crippen molar-refractivity contribution in [2.75, 3.05) is 6.61 Å². The third-order valence-corrected chi connectivity index (χ3v) is 12.7. The van der Waals surface area contributed by atoms with E-state index in [4.69, 9.17) is 0 Å². The maximum atomic E-state index is 12.4. The summed E-state index contributed by atoms with van der Waals surface area (Å²) in [7, 11) is 0. The lowest BCUT2D eigenvalue weighted by Crippen LogP contribution is -2.45. The van der Waals surface area contributed by atoms with Crippen LogP contribution in [0.5, 0.6) is 0 Å². The van der Waals surface area contributed by atoms with Gasteiger partial charge in [0.25, 0.3) is 0 Å². The minimum Gasteiger partial charge on any atom is -0.394 e. The Hall–Kier alpha value is -1.13. The summed E-state index contributed by atoms with van der Waals surface area (Å²) >= 11 is 0. The van der Waals surface area contributed by atoms with Gasteiger partial charge in [0.05, 0.1) is 18.8 Å². The molecule has 0 aromatic rings. The Morgan fingerprint density at radius 1 is 0.390 bits per heavy atom. The third-order valence-electron chi connectivity index (χ3n) is 12.7. The summed E-state index contributed by atoms with van der Waals surface area (Å²) in [6.07, 6.45) is 67.6. The highest BCUT2D eigenvalue weighted by molar-refractivity contribution is 5.76. The Bertz CT molecular complexity index is 855. The number of unbranched alkanes of at least 4 members (excludes halogenated alkanes) is 41. The van der Waals surface area contributed by atoms with Gasteiger partial charge in [-0.05, 0) is 32.1 Å². The van der Waals surface area contributed by atoms with Gasteiger partial charge in [-0.25, -0.2) is 0 Å². The maximum absolute atomic E-state index is 12.4. The van der Waals surface area contributed by atoms with E-state index in [-0.39, 0.29) is 12.5 Å². The average Bonchev–Trinajstić information content (AvgIpc) is 3.24. The van der Waals surface area contributed by atoms with Crippen LogP contribution in [0.1, 0.15) is 303 Å². The largest absolute Gasteiger partial charge is 0.394 e. The zero-order valence-corrected chi connectivity index (χ0v) is 40.3. The van der Waals surface area contributed by atoms with Gasteiger partial charge in [0, 0.05) is 6.42 Å². The lowest BCUT2D eigenvalue weighted by atomic mass is 10.0. The summed E-state index contributed by atoms with van der Waals surface area (Å²) in [4.78, 5) is 12.4. The molecule has 2 atom stereocenters.